The molecule has 0 fully saturated rings. The summed E-state index contributed by atoms with van der Waals surface area (Å²) in [6, 6.07) is 23.0. The third-order valence-electron chi connectivity index (χ3n) is 7.26. The molecule has 7 nitrogen and oxygen atoms in total. The highest BCUT2D eigenvalue weighted by molar-refractivity contribution is 5.93. The molecule has 39 heavy (non-hydrogen) atoms. The summed E-state index contributed by atoms with van der Waals surface area (Å²) in [5.41, 5.74) is 1.81. The molecule has 7 heteroatoms. The van der Waals surface area contributed by atoms with Crippen molar-refractivity contribution in [3.63, 3.8) is 0 Å². The lowest BCUT2D eigenvalue weighted by Crippen LogP contribution is -2.20. The minimum atomic E-state index is -1.21. The van der Waals surface area contributed by atoms with Crippen molar-refractivity contribution in [3.8, 4) is 23.0 Å². The summed E-state index contributed by atoms with van der Waals surface area (Å²) in [4.78, 5) is 24.4. The molecule has 200 valence electrons. The van der Waals surface area contributed by atoms with Crippen molar-refractivity contribution >= 4 is 11.9 Å². The molecule has 0 aromatic heterocycles. The Morgan fingerprint density at radius 1 is 0.538 bits per heavy atom. The van der Waals surface area contributed by atoms with E-state index >= 15 is 0 Å². The molecule has 0 heterocycles. The summed E-state index contributed by atoms with van der Waals surface area (Å²) in [5, 5.41) is 39.2. The quantitative estimate of drug-likeness (QED) is 0.196. The molecule has 0 bridgehead atoms. The molecule has 0 unspecified atom stereocenters. The summed E-state index contributed by atoms with van der Waals surface area (Å²) >= 11 is 0. The van der Waals surface area contributed by atoms with Gasteiger partial charge in [-0.3, -0.25) is 0 Å². The maximum Gasteiger partial charge on any atom is 0.339 e. The van der Waals surface area contributed by atoms with E-state index in [4.69, 9.17) is 4.74 Å². The van der Waals surface area contributed by atoms with E-state index < -0.39 is 22.8 Å². The van der Waals surface area contributed by atoms with Crippen LogP contribution in [0.2, 0.25) is 0 Å². The van der Waals surface area contributed by atoms with E-state index in [-0.39, 0.29) is 34.1 Å². The maximum absolute atomic E-state index is 12.2. The van der Waals surface area contributed by atoms with Gasteiger partial charge in [0.25, 0.3) is 0 Å². The number of carboxylic acid groups (broad SMARTS) is 2. The van der Waals surface area contributed by atoms with Crippen LogP contribution in [0.25, 0.3) is 0 Å². The molecule has 0 aliphatic heterocycles. The van der Waals surface area contributed by atoms with Crippen molar-refractivity contribution in [2.45, 2.75) is 38.5 Å². The van der Waals surface area contributed by atoms with Crippen molar-refractivity contribution < 1.29 is 34.8 Å². The van der Waals surface area contributed by atoms with Gasteiger partial charge in [0.05, 0.1) is 0 Å². The van der Waals surface area contributed by atoms with E-state index in [1.165, 1.54) is 24.3 Å². The van der Waals surface area contributed by atoms with Crippen LogP contribution in [0.15, 0.2) is 84.9 Å². The number of benzene rings is 4. The average molecular weight is 527 g/mol. The third kappa shape index (κ3) is 5.43. The maximum atomic E-state index is 12.2. The second-order valence-electron chi connectivity index (χ2n) is 10.5. The third-order valence-corrected chi connectivity index (χ3v) is 7.26. The molecule has 4 rings (SSSR count). The predicted octanol–water partition coefficient (Wildman–Crippen LogP) is 6.94. The lowest BCUT2D eigenvalue weighted by Gasteiger charge is -2.27. The number of phenolic OH excluding ortho intramolecular Hbond substituents is 2. The Bertz CT molecular complexity index is 1420. The Hall–Kier alpha value is -4.78. The van der Waals surface area contributed by atoms with Crippen LogP contribution in [-0.2, 0) is 10.8 Å². The number of aromatic hydroxyl groups is 2. The first-order valence-corrected chi connectivity index (χ1v) is 12.3. The van der Waals surface area contributed by atoms with Gasteiger partial charge in [-0.15, -0.1) is 0 Å². The van der Waals surface area contributed by atoms with Gasteiger partial charge in [-0.05, 0) is 70.8 Å². The van der Waals surface area contributed by atoms with Crippen molar-refractivity contribution in [2.24, 2.45) is 0 Å². The van der Waals surface area contributed by atoms with Crippen LogP contribution >= 0.6 is 0 Å². The lowest BCUT2D eigenvalue weighted by atomic mass is 9.77. The fourth-order valence-corrected chi connectivity index (χ4v) is 4.56. The smallest absolute Gasteiger partial charge is 0.339 e. The van der Waals surface area contributed by atoms with E-state index in [1.54, 1.807) is 60.7 Å². The van der Waals surface area contributed by atoms with Crippen molar-refractivity contribution in [1.82, 2.24) is 0 Å². The van der Waals surface area contributed by atoms with Gasteiger partial charge in [0, 0.05) is 10.8 Å². The molecule has 0 amide bonds. The van der Waals surface area contributed by atoms with Crippen LogP contribution in [0.4, 0.5) is 0 Å². The molecule has 0 aliphatic rings. The summed E-state index contributed by atoms with van der Waals surface area (Å²) in [7, 11) is 0. The van der Waals surface area contributed by atoms with Crippen molar-refractivity contribution in [3.05, 3.63) is 118 Å². The number of hydrogen-bond donors (Lipinski definition) is 4. The molecular weight excluding hydrogens is 496 g/mol. The minimum Gasteiger partial charge on any atom is -0.508 e. The topological polar surface area (TPSA) is 124 Å². The SMILES string of the molecule is CC(C)(c1ccc(O)cc1)c1ccc(Oc2ccc(C(C)(C)c3ccc(O)cc3)cc2C(=O)O)c(C(=O)O)c1. The van der Waals surface area contributed by atoms with E-state index in [9.17, 15) is 30.0 Å². The summed E-state index contributed by atoms with van der Waals surface area (Å²) in [6.45, 7) is 7.77. The van der Waals surface area contributed by atoms with Gasteiger partial charge in [0.15, 0.2) is 0 Å². The highest BCUT2D eigenvalue weighted by Gasteiger charge is 2.28. The highest BCUT2D eigenvalue weighted by Crippen LogP contribution is 2.39. The first-order valence-electron chi connectivity index (χ1n) is 12.3. The molecule has 0 radical (unpaired) electrons. The first-order chi connectivity index (χ1) is 18.3. The molecule has 0 saturated carbocycles. The zero-order chi connectivity index (χ0) is 28.5. The van der Waals surface area contributed by atoms with Gasteiger partial charge in [0.2, 0.25) is 0 Å². The number of carbonyl (C=O) groups is 2. The van der Waals surface area contributed by atoms with Crippen molar-refractivity contribution in [2.75, 3.05) is 0 Å². The van der Waals surface area contributed by atoms with E-state index in [0.29, 0.717) is 11.1 Å². The van der Waals surface area contributed by atoms with Gasteiger partial charge >= 0.3 is 11.9 Å². The largest absolute Gasteiger partial charge is 0.508 e. The molecule has 0 aliphatic carbocycles. The van der Waals surface area contributed by atoms with Crippen LogP contribution in [0, 0.1) is 0 Å². The Balaban J connectivity index is 1.72. The van der Waals surface area contributed by atoms with Crippen LogP contribution in [-0.4, -0.2) is 32.4 Å². The standard InChI is InChI=1S/C32H30O7/c1-31(2,19-5-11-23(33)12-6-19)21-9-15-27(25(17-21)29(35)36)39-28-16-10-22(18-26(28)30(37)38)32(3,4)20-7-13-24(34)14-8-20/h5-18,33-34H,1-4H3,(H,35,36)(H,37,38). The summed E-state index contributed by atoms with van der Waals surface area (Å²) in [6.07, 6.45) is 0. The van der Waals surface area contributed by atoms with Crippen LogP contribution < -0.4 is 4.74 Å². The van der Waals surface area contributed by atoms with Crippen LogP contribution in [0.1, 0.15) is 70.7 Å². The minimum absolute atomic E-state index is 0.0146. The van der Waals surface area contributed by atoms with Gasteiger partial charge in [-0.2, -0.15) is 0 Å². The van der Waals surface area contributed by atoms with Gasteiger partial charge < -0.3 is 25.2 Å². The molecule has 0 spiro atoms. The molecule has 4 aromatic carbocycles. The van der Waals surface area contributed by atoms with Gasteiger partial charge in [-0.25, -0.2) is 9.59 Å². The molecular formula is C32H30O7. The molecule has 0 saturated heterocycles. The Kier molecular flexibility index (Phi) is 7.11. The zero-order valence-corrected chi connectivity index (χ0v) is 22.1. The molecule has 0 atom stereocenters. The number of phenols is 2. The van der Waals surface area contributed by atoms with Gasteiger partial charge in [0.1, 0.15) is 34.1 Å². The fraction of sp³-hybridized carbons (Fsp3) is 0.188. The second-order valence-corrected chi connectivity index (χ2v) is 10.5. The van der Waals surface area contributed by atoms with Crippen LogP contribution in [0.5, 0.6) is 23.0 Å². The monoisotopic (exact) mass is 526 g/mol. The predicted molar refractivity (Wildman–Crippen MR) is 147 cm³/mol. The number of aromatic carboxylic acids is 2. The fourth-order valence-electron chi connectivity index (χ4n) is 4.56. The Morgan fingerprint density at radius 2 is 0.846 bits per heavy atom. The summed E-state index contributed by atoms with van der Waals surface area (Å²) < 4.78 is 5.91. The second kappa shape index (κ2) is 10.2. The van der Waals surface area contributed by atoms with E-state index in [1.807, 2.05) is 27.7 Å². The Morgan fingerprint density at radius 3 is 1.15 bits per heavy atom. The number of ether oxygens (including phenoxy) is 1. The normalized spacial score (nSPS) is 11.7. The Labute approximate surface area is 226 Å². The van der Waals surface area contributed by atoms with E-state index in [2.05, 4.69) is 0 Å². The molecule has 4 aromatic rings. The zero-order valence-electron chi connectivity index (χ0n) is 22.1. The highest BCUT2D eigenvalue weighted by atomic mass is 16.5. The average Bonchev–Trinajstić information content (AvgIpc) is 2.89. The van der Waals surface area contributed by atoms with E-state index in [0.717, 1.165) is 11.1 Å². The first kappa shape index (κ1) is 27.3. The lowest BCUT2D eigenvalue weighted by molar-refractivity contribution is 0.0687. The van der Waals surface area contributed by atoms with Crippen molar-refractivity contribution in [1.29, 1.82) is 0 Å². The number of rotatable bonds is 8. The van der Waals surface area contributed by atoms with Gasteiger partial charge in [-0.1, -0.05) is 64.1 Å². The number of carboxylic acids is 2. The number of hydrogen-bond acceptors (Lipinski definition) is 5. The van der Waals surface area contributed by atoms with Crippen LogP contribution in [0.3, 0.4) is 0 Å². The summed E-state index contributed by atoms with van der Waals surface area (Å²) in [5.74, 6) is -2.13. The molecule has 4 N–H and O–H groups in total.